The van der Waals surface area contributed by atoms with Gasteiger partial charge in [-0.2, -0.15) is 5.10 Å². The minimum atomic E-state index is -0.407. The van der Waals surface area contributed by atoms with Crippen LogP contribution in [0.25, 0.3) is 0 Å². The zero-order valence-electron chi connectivity index (χ0n) is 11.9. The Labute approximate surface area is 119 Å². The minimum absolute atomic E-state index is 0.180. The number of nitrogens with two attached hydrogens (primary N) is 1. The Morgan fingerprint density at radius 2 is 1.95 bits per heavy atom. The summed E-state index contributed by atoms with van der Waals surface area (Å²) in [5.74, 6) is 5.61. The van der Waals surface area contributed by atoms with E-state index in [-0.39, 0.29) is 6.04 Å². The lowest BCUT2D eigenvalue weighted by molar-refractivity contribution is -0.153. The van der Waals surface area contributed by atoms with Crippen molar-refractivity contribution in [3.63, 3.8) is 0 Å². The van der Waals surface area contributed by atoms with Gasteiger partial charge in [-0.3, -0.25) is 16.0 Å². The summed E-state index contributed by atoms with van der Waals surface area (Å²) in [5.41, 5.74) is 4.58. The van der Waals surface area contributed by atoms with Crippen molar-refractivity contribution in [2.45, 2.75) is 39.5 Å². The molecule has 0 amide bonds. The molecule has 110 valence electrons. The van der Waals surface area contributed by atoms with Crippen LogP contribution in [0.4, 0.5) is 0 Å². The summed E-state index contributed by atoms with van der Waals surface area (Å²) in [7, 11) is 1.81. The Hall–Kier alpha value is -0.660. The fourth-order valence-corrected chi connectivity index (χ4v) is 2.22. The average molecular weight is 291 g/mol. The van der Waals surface area contributed by atoms with E-state index in [1.807, 2.05) is 27.8 Å². The molecule has 7 heteroatoms. The van der Waals surface area contributed by atoms with E-state index in [0.717, 1.165) is 11.3 Å². The number of hydrogen-bond donors (Lipinski definition) is 2. The fraction of sp³-hybridized carbons (Fsp3) is 0.750. The SMILES string of the molecule is CCOC(OCC)C(Cc1c(C)nn(C)c1Cl)NN. The topological polar surface area (TPSA) is 74.3 Å². The summed E-state index contributed by atoms with van der Waals surface area (Å²) in [6.45, 7) is 6.88. The van der Waals surface area contributed by atoms with Crippen LogP contribution in [0.5, 0.6) is 0 Å². The van der Waals surface area contributed by atoms with E-state index in [1.165, 1.54) is 0 Å². The van der Waals surface area contributed by atoms with Crippen molar-refractivity contribution in [2.24, 2.45) is 12.9 Å². The molecule has 1 heterocycles. The Balaban J connectivity index is 2.84. The van der Waals surface area contributed by atoms with E-state index >= 15 is 0 Å². The largest absolute Gasteiger partial charge is 0.351 e. The van der Waals surface area contributed by atoms with Gasteiger partial charge < -0.3 is 9.47 Å². The third kappa shape index (κ3) is 4.15. The molecule has 19 heavy (non-hydrogen) atoms. The molecule has 1 rings (SSSR count). The second kappa shape index (κ2) is 7.81. The lowest BCUT2D eigenvalue weighted by atomic mass is 10.1. The number of ether oxygens (including phenoxy) is 2. The zero-order chi connectivity index (χ0) is 14.4. The molecule has 1 aromatic heterocycles. The molecule has 0 aromatic carbocycles. The Morgan fingerprint density at radius 3 is 2.32 bits per heavy atom. The first kappa shape index (κ1) is 16.4. The van der Waals surface area contributed by atoms with Crippen molar-refractivity contribution in [3.8, 4) is 0 Å². The quantitative estimate of drug-likeness (QED) is 0.427. The monoisotopic (exact) mass is 290 g/mol. The van der Waals surface area contributed by atoms with Crippen molar-refractivity contribution in [1.29, 1.82) is 0 Å². The summed E-state index contributed by atoms with van der Waals surface area (Å²) in [4.78, 5) is 0. The predicted octanol–water partition coefficient (Wildman–Crippen LogP) is 1.16. The summed E-state index contributed by atoms with van der Waals surface area (Å²) < 4.78 is 12.8. The molecular weight excluding hydrogens is 268 g/mol. The van der Waals surface area contributed by atoms with Gasteiger partial charge in [0, 0.05) is 25.8 Å². The number of aromatic nitrogens is 2. The second-order valence-corrected chi connectivity index (χ2v) is 4.59. The first-order chi connectivity index (χ1) is 9.04. The molecular formula is C12H23ClN4O2. The number of nitrogens with one attached hydrogen (secondary N) is 1. The van der Waals surface area contributed by atoms with Crippen LogP contribution >= 0.6 is 11.6 Å². The standard InChI is InChI=1S/C12H23ClN4O2/c1-5-18-12(19-6-2)10(15-14)7-9-8(3)16-17(4)11(9)13/h10,12,15H,5-7,14H2,1-4H3. The number of halogens is 1. The smallest absolute Gasteiger partial charge is 0.174 e. The Bertz CT molecular complexity index is 391. The van der Waals surface area contributed by atoms with Gasteiger partial charge in [0.15, 0.2) is 6.29 Å². The molecule has 3 N–H and O–H groups in total. The van der Waals surface area contributed by atoms with E-state index in [4.69, 9.17) is 26.9 Å². The van der Waals surface area contributed by atoms with Crippen molar-refractivity contribution in [2.75, 3.05) is 13.2 Å². The highest BCUT2D eigenvalue weighted by molar-refractivity contribution is 6.30. The van der Waals surface area contributed by atoms with Gasteiger partial charge in [0.25, 0.3) is 0 Å². The number of hydrogen-bond acceptors (Lipinski definition) is 5. The van der Waals surface area contributed by atoms with Crippen molar-refractivity contribution in [1.82, 2.24) is 15.2 Å². The molecule has 0 spiro atoms. The number of aryl methyl sites for hydroxylation is 2. The molecule has 0 aliphatic rings. The van der Waals surface area contributed by atoms with E-state index in [0.29, 0.717) is 24.8 Å². The summed E-state index contributed by atoms with van der Waals surface area (Å²) in [5, 5.41) is 4.90. The van der Waals surface area contributed by atoms with Crippen LogP contribution in [0.1, 0.15) is 25.1 Å². The maximum absolute atomic E-state index is 6.22. The van der Waals surface area contributed by atoms with E-state index < -0.39 is 6.29 Å². The molecule has 1 atom stereocenters. The molecule has 0 aliphatic heterocycles. The molecule has 0 fully saturated rings. The van der Waals surface area contributed by atoms with Gasteiger partial charge in [-0.05, 0) is 27.2 Å². The molecule has 0 aliphatic carbocycles. The summed E-state index contributed by atoms with van der Waals surface area (Å²) in [6, 6.07) is -0.180. The van der Waals surface area contributed by atoms with Crippen molar-refractivity contribution < 1.29 is 9.47 Å². The molecule has 0 radical (unpaired) electrons. The first-order valence-corrected chi connectivity index (χ1v) is 6.80. The predicted molar refractivity (Wildman–Crippen MR) is 74.8 cm³/mol. The summed E-state index contributed by atoms with van der Waals surface area (Å²) >= 11 is 6.22. The second-order valence-electron chi connectivity index (χ2n) is 4.23. The van der Waals surface area contributed by atoms with Crippen LogP contribution in [0, 0.1) is 6.92 Å². The molecule has 1 aromatic rings. The van der Waals surface area contributed by atoms with Crippen LogP contribution < -0.4 is 11.3 Å². The van der Waals surface area contributed by atoms with Gasteiger partial charge in [-0.25, -0.2) is 0 Å². The third-order valence-corrected chi connectivity index (χ3v) is 3.37. The van der Waals surface area contributed by atoms with Gasteiger partial charge in [0.1, 0.15) is 5.15 Å². The molecule has 0 saturated heterocycles. The van der Waals surface area contributed by atoms with Crippen LogP contribution in [-0.2, 0) is 22.9 Å². The van der Waals surface area contributed by atoms with Crippen LogP contribution in [0.3, 0.4) is 0 Å². The highest BCUT2D eigenvalue weighted by Gasteiger charge is 2.24. The van der Waals surface area contributed by atoms with E-state index in [2.05, 4.69) is 10.5 Å². The third-order valence-electron chi connectivity index (χ3n) is 2.90. The molecule has 1 unspecified atom stereocenters. The first-order valence-electron chi connectivity index (χ1n) is 6.42. The van der Waals surface area contributed by atoms with Gasteiger partial charge in [0.2, 0.25) is 0 Å². The maximum Gasteiger partial charge on any atom is 0.174 e. The van der Waals surface area contributed by atoms with Gasteiger partial charge in [-0.15, -0.1) is 0 Å². The number of hydrazine groups is 1. The van der Waals surface area contributed by atoms with Gasteiger partial charge in [0.05, 0.1) is 11.7 Å². The normalized spacial score (nSPS) is 13.2. The fourth-order valence-electron chi connectivity index (χ4n) is 1.97. The molecule has 0 saturated carbocycles. The minimum Gasteiger partial charge on any atom is -0.351 e. The van der Waals surface area contributed by atoms with Gasteiger partial charge in [-0.1, -0.05) is 11.6 Å². The Kier molecular flexibility index (Phi) is 6.74. The summed E-state index contributed by atoms with van der Waals surface area (Å²) in [6.07, 6.45) is 0.190. The molecule has 0 bridgehead atoms. The highest BCUT2D eigenvalue weighted by Crippen LogP contribution is 2.21. The lowest BCUT2D eigenvalue weighted by Gasteiger charge is -2.26. The maximum atomic E-state index is 6.22. The molecule has 6 nitrogen and oxygen atoms in total. The van der Waals surface area contributed by atoms with E-state index in [1.54, 1.807) is 4.68 Å². The van der Waals surface area contributed by atoms with Crippen molar-refractivity contribution >= 4 is 11.6 Å². The lowest BCUT2D eigenvalue weighted by Crippen LogP contribution is -2.48. The number of rotatable bonds is 8. The average Bonchev–Trinajstić information content (AvgIpc) is 2.61. The van der Waals surface area contributed by atoms with E-state index in [9.17, 15) is 0 Å². The zero-order valence-corrected chi connectivity index (χ0v) is 12.7. The van der Waals surface area contributed by atoms with Crippen molar-refractivity contribution in [3.05, 3.63) is 16.4 Å². The van der Waals surface area contributed by atoms with Crippen LogP contribution in [-0.4, -0.2) is 35.3 Å². The Morgan fingerprint density at radius 1 is 1.37 bits per heavy atom. The highest BCUT2D eigenvalue weighted by atomic mass is 35.5. The van der Waals surface area contributed by atoms with Crippen LogP contribution in [0.2, 0.25) is 5.15 Å². The van der Waals surface area contributed by atoms with Gasteiger partial charge >= 0.3 is 0 Å². The number of nitrogens with zero attached hydrogens (tertiary/aromatic N) is 2. The van der Waals surface area contributed by atoms with Crippen LogP contribution in [0.15, 0.2) is 0 Å².